The molecular weight excluding hydrogens is 292 g/mol. The van der Waals surface area contributed by atoms with Gasteiger partial charge in [-0.05, 0) is 41.2 Å². The van der Waals surface area contributed by atoms with Crippen molar-refractivity contribution in [2.45, 2.75) is 32.7 Å². The number of hydrogen-bond donors (Lipinski definition) is 1. The first-order valence-corrected chi connectivity index (χ1v) is 7.40. The summed E-state index contributed by atoms with van der Waals surface area (Å²) in [5.41, 5.74) is 0. The van der Waals surface area contributed by atoms with E-state index in [0.29, 0.717) is 6.04 Å². The molecule has 0 aromatic carbocycles. The first-order valence-electron chi connectivity index (χ1n) is 6.60. The lowest BCUT2D eigenvalue weighted by atomic mass is 9.96. The molecule has 0 radical (unpaired) electrons. The smallest absolute Gasteiger partial charge is 0.146 e. The minimum absolute atomic E-state index is 0.582. The normalized spacial score (nSPS) is 17.4. The molecule has 1 N–H and O–H groups in total. The number of rotatable bonds is 4. The molecule has 1 aliphatic rings. The van der Waals surface area contributed by atoms with E-state index in [9.17, 15) is 0 Å². The first kappa shape index (κ1) is 13.7. The van der Waals surface area contributed by atoms with Gasteiger partial charge >= 0.3 is 0 Å². The van der Waals surface area contributed by atoms with E-state index in [1.807, 2.05) is 6.20 Å². The third-order valence-electron chi connectivity index (χ3n) is 3.38. The summed E-state index contributed by atoms with van der Waals surface area (Å²) in [5.74, 6) is 1.82. The van der Waals surface area contributed by atoms with E-state index in [4.69, 9.17) is 0 Å². The Hall–Kier alpha value is -0.680. The van der Waals surface area contributed by atoms with Gasteiger partial charge in [0.05, 0.1) is 4.47 Å². The average molecular weight is 313 g/mol. The van der Waals surface area contributed by atoms with Crippen LogP contribution in [0.3, 0.4) is 0 Å². The number of hydrogen-bond acceptors (Lipinski definition) is 4. The van der Waals surface area contributed by atoms with Gasteiger partial charge in [0.15, 0.2) is 0 Å². The third-order valence-corrected chi connectivity index (χ3v) is 3.94. The Morgan fingerprint density at radius 2 is 2.17 bits per heavy atom. The van der Waals surface area contributed by atoms with Crippen LogP contribution in [0, 0.1) is 5.92 Å². The molecule has 1 aromatic rings. The van der Waals surface area contributed by atoms with Crippen molar-refractivity contribution in [3.05, 3.63) is 17.0 Å². The lowest BCUT2D eigenvalue weighted by molar-refractivity contribution is 0.369. The highest BCUT2D eigenvalue weighted by Gasteiger charge is 2.21. The Kier molecular flexibility index (Phi) is 4.95. The third kappa shape index (κ3) is 3.65. The molecule has 4 nitrogen and oxygen atoms in total. The van der Waals surface area contributed by atoms with Crippen LogP contribution >= 0.6 is 15.9 Å². The van der Waals surface area contributed by atoms with Crippen LogP contribution in [0.15, 0.2) is 17.0 Å². The lowest BCUT2D eigenvalue weighted by Crippen LogP contribution is -2.39. The maximum absolute atomic E-state index is 4.35. The number of halogens is 1. The van der Waals surface area contributed by atoms with Gasteiger partial charge in [-0.2, -0.15) is 0 Å². The average Bonchev–Trinajstić information content (AvgIpc) is 2.38. The van der Waals surface area contributed by atoms with E-state index < -0.39 is 0 Å². The van der Waals surface area contributed by atoms with Gasteiger partial charge in [-0.15, -0.1) is 0 Å². The summed E-state index contributed by atoms with van der Waals surface area (Å²) in [6.07, 6.45) is 5.90. The minimum atomic E-state index is 0.582. The Morgan fingerprint density at radius 1 is 1.44 bits per heavy atom. The standard InChI is InChI=1S/C13H21BrN4/c1-10(2)16-7-11-3-5-18(6-4-11)13-12(14)8-15-9-17-13/h8-11,16H,3-7H2,1-2H3. The number of nitrogens with one attached hydrogen (secondary N) is 1. The van der Waals surface area contributed by atoms with E-state index in [-0.39, 0.29) is 0 Å². The largest absolute Gasteiger partial charge is 0.356 e. The SMILES string of the molecule is CC(C)NCC1CCN(c2ncncc2Br)CC1. The molecule has 5 heteroatoms. The van der Waals surface area contributed by atoms with E-state index in [1.165, 1.54) is 12.8 Å². The molecule has 0 aliphatic carbocycles. The highest BCUT2D eigenvalue weighted by atomic mass is 79.9. The van der Waals surface area contributed by atoms with Crippen LogP contribution in [0.5, 0.6) is 0 Å². The molecule has 0 unspecified atom stereocenters. The quantitative estimate of drug-likeness (QED) is 0.927. The van der Waals surface area contributed by atoms with Crippen molar-refractivity contribution >= 4 is 21.7 Å². The van der Waals surface area contributed by atoms with Gasteiger partial charge in [0, 0.05) is 25.3 Å². The number of nitrogens with zero attached hydrogens (tertiary/aromatic N) is 3. The summed E-state index contributed by atoms with van der Waals surface area (Å²) >= 11 is 3.52. The van der Waals surface area contributed by atoms with E-state index >= 15 is 0 Å². The summed E-state index contributed by atoms with van der Waals surface area (Å²) in [6, 6.07) is 0.582. The maximum atomic E-state index is 4.35. The zero-order valence-electron chi connectivity index (χ0n) is 11.1. The molecule has 0 spiro atoms. The second-order valence-electron chi connectivity index (χ2n) is 5.19. The molecule has 2 rings (SSSR count). The van der Waals surface area contributed by atoms with Crippen molar-refractivity contribution in [2.75, 3.05) is 24.5 Å². The summed E-state index contributed by atoms with van der Waals surface area (Å²) < 4.78 is 0.990. The number of anilines is 1. The lowest BCUT2D eigenvalue weighted by Gasteiger charge is -2.33. The summed E-state index contributed by atoms with van der Waals surface area (Å²) in [5, 5.41) is 3.53. The van der Waals surface area contributed by atoms with Crippen molar-refractivity contribution in [2.24, 2.45) is 5.92 Å². The van der Waals surface area contributed by atoms with Crippen LogP contribution in [-0.2, 0) is 0 Å². The van der Waals surface area contributed by atoms with Crippen LogP contribution in [0.1, 0.15) is 26.7 Å². The van der Waals surface area contributed by atoms with Crippen LogP contribution in [0.2, 0.25) is 0 Å². The second-order valence-corrected chi connectivity index (χ2v) is 6.04. The van der Waals surface area contributed by atoms with Gasteiger partial charge in [0.25, 0.3) is 0 Å². The monoisotopic (exact) mass is 312 g/mol. The zero-order valence-corrected chi connectivity index (χ0v) is 12.7. The van der Waals surface area contributed by atoms with Crippen molar-refractivity contribution in [3.8, 4) is 0 Å². The Morgan fingerprint density at radius 3 is 2.78 bits per heavy atom. The Bertz CT molecular complexity index is 375. The molecule has 1 saturated heterocycles. The molecule has 18 heavy (non-hydrogen) atoms. The predicted molar refractivity (Wildman–Crippen MR) is 77.8 cm³/mol. The maximum Gasteiger partial charge on any atom is 0.146 e. The second kappa shape index (κ2) is 6.48. The molecule has 0 bridgehead atoms. The molecule has 1 aromatic heterocycles. The summed E-state index contributed by atoms with van der Waals surface area (Å²) in [4.78, 5) is 10.7. The fraction of sp³-hybridized carbons (Fsp3) is 0.692. The summed E-state index contributed by atoms with van der Waals surface area (Å²) in [6.45, 7) is 7.71. The summed E-state index contributed by atoms with van der Waals surface area (Å²) in [7, 11) is 0. The Balaban J connectivity index is 1.85. The van der Waals surface area contributed by atoms with Crippen LogP contribution < -0.4 is 10.2 Å². The molecule has 0 amide bonds. The highest BCUT2D eigenvalue weighted by molar-refractivity contribution is 9.10. The molecule has 0 atom stereocenters. The van der Waals surface area contributed by atoms with Crippen LogP contribution in [0.25, 0.3) is 0 Å². The molecular formula is C13H21BrN4. The molecule has 0 saturated carbocycles. The fourth-order valence-electron chi connectivity index (χ4n) is 2.29. The van der Waals surface area contributed by atoms with Crippen LogP contribution in [-0.4, -0.2) is 35.6 Å². The number of aromatic nitrogens is 2. The van der Waals surface area contributed by atoms with Crippen LogP contribution in [0.4, 0.5) is 5.82 Å². The first-order chi connectivity index (χ1) is 8.66. The van der Waals surface area contributed by atoms with Crippen molar-refractivity contribution in [1.82, 2.24) is 15.3 Å². The van der Waals surface area contributed by atoms with Gasteiger partial charge in [0.2, 0.25) is 0 Å². The van der Waals surface area contributed by atoms with Gasteiger partial charge in [0.1, 0.15) is 12.1 Å². The zero-order chi connectivity index (χ0) is 13.0. The molecule has 1 fully saturated rings. The highest BCUT2D eigenvalue weighted by Crippen LogP contribution is 2.26. The fourth-order valence-corrected chi connectivity index (χ4v) is 2.76. The van der Waals surface area contributed by atoms with E-state index in [2.05, 4.69) is 50.0 Å². The van der Waals surface area contributed by atoms with E-state index in [1.54, 1.807) is 6.33 Å². The molecule has 1 aliphatic heterocycles. The Labute approximate surface area is 117 Å². The van der Waals surface area contributed by atoms with Gasteiger partial charge < -0.3 is 10.2 Å². The minimum Gasteiger partial charge on any atom is -0.356 e. The van der Waals surface area contributed by atoms with Gasteiger partial charge in [-0.25, -0.2) is 9.97 Å². The van der Waals surface area contributed by atoms with Crippen molar-refractivity contribution in [1.29, 1.82) is 0 Å². The van der Waals surface area contributed by atoms with Gasteiger partial charge in [-0.1, -0.05) is 13.8 Å². The predicted octanol–water partition coefficient (Wildman–Crippen LogP) is 2.45. The molecule has 100 valence electrons. The molecule has 2 heterocycles. The van der Waals surface area contributed by atoms with Crippen molar-refractivity contribution < 1.29 is 0 Å². The van der Waals surface area contributed by atoms with Gasteiger partial charge in [-0.3, -0.25) is 0 Å². The topological polar surface area (TPSA) is 41.0 Å². The number of piperidine rings is 1. The van der Waals surface area contributed by atoms with E-state index in [0.717, 1.165) is 35.8 Å². The van der Waals surface area contributed by atoms with Crippen molar-refractivity contribution in [3.63, 3.8) is 0 Å².